The molecule has 0 N–H and O–H groups in total. The molecule has 0 bridgehead atoms. The van der Waals surface area contributed by atoms with Gasteiger partial charge in [0.15, 0.2) is 0 Å². The molecule has 180 valence electrons. The first-order valence-electron chi connectivity index (χ1n) is 12.9. The number of aromatic nitrogens is 2. The Bertz CT molecular complexity index is 986. The fraction of sp³-hybridized carbons (Fsp3) is 0.448. The van der Waals surface area contributed by atoms with Crippen LogP contribution in [0.4, 0.5) is 5.69 Å². The van der Waals surface area contributed by atoms with Crippen LogP contribution in [0.25, 0.3) is 0 Å². The molecule has 1 aliphatic rings. The zero-order chi connectivity index (χ0) is 23.4. The summed E-state index contributed by atoms with van der Waals surface area (Å²) in [5.41, 5.74) is 3.84. The Balaban J connectivity index is 1.51. The van der Waals surface area contributed by atoms with E-state index < -0.39 is 0 Å². The Morgan fingerprint density at radius 3 is 2.35 bits per heavy atom. The number of nitrogens with zero attached hydrogens (tertiary/aromatic N) is 4. The molecule has 1 aliphatic heterocycles. The van der Waals surface area contributed by atoms with Crippen molar-refractivity contribution in [2.45, 2.75) is 71.0 Å². The van der Waals surface area contributed by atoms with Crippen LogP contribution in [0.15, 0.2) is 73.1 Å². The Hall–Kier alpha value is -3.08. The first-order chi connectivity index (χ1) is 16.8. The van der Waals surface area contributed by atoms with Crippen LogP contribution in [0, 0.1) is 0 Å². The third-order valence-corrected chi connectivity index (χ3v) is 6.71. The normalized spacial score (nSPS) is 15.6. The van der Waals surface area contributed by atoms with Crippen LogP contribution in [0.3, 0.4) is 0 Å². The quantitative estimate of drug-likeness (QED) is 0.451. The van der Waals surface area contributed by atoms with Gasteiger partial charge in [-0.2, -0.15) is 5.10 Å². The summed E-state index contributed by atoms with van der Waals surface area (Å²) in [6, 6.07) is 21.3. The fourth-order valence-corrected chi connectivity index (χ4v) is 4.83. The second-order valence-corrected chi connectivity index (χ2v) is 9.35. The van der Waals surface area contributed by atoms with Crippen molar-refractivity contribution < 1.29 is 4.79 Å². The number of anilines is 1. The van der Waals surface area contributed by atoms with Gasteiger partial charge in [-0.3, -0.25) is 9.48 Å². The summed E-state index contributed by atoms with van der Waals surface area (Å²) in [7, 11) is 0. The largest absolute Gasteiger partial charge is 0.367 e. The number of carbonyl (C=O) groups is 1. The molecule has 0 atom stereocenters. The lowest BCUT2D eigenvalue weighted by molar-refractivity contribution is -0.132. The van der Waals surface area contributed by atoms with Crippen LogP contribution in [0.5, 0.6) is 0 Å². The number of rotatable bonds is 6. The van der Waals surface area contributed by atoms with Crippen LogP contribution in [-0.4, -0.2) is 33.7 Å². The molecule has 0 radical (unpaired) electrons. The van der Waals surface area contributed by atoms with Gasteiger partial charge >= 0.3 is 0 Å². The van der Waals surface area contributed by atoms with Crippen molar-refractivity contribution >= 4 is 11.6 Å². The highest BCUT2D eigenvalue weighted by Crippen LogP contribution is 2.26. The Morgan fingerprint density at radius 2 is 1.56 bits per heavy atom. The topological polar surface area (TPSA) is 41.4 Å². The molecule has 1 aromatic heterocycles. The molecule has 5 nitrogen and oxygen atoms in total. The maximum absolute atomic E-state index is 13.3. The van der Waals surface area contributed by atoms with Crippen molar-refractivity contribution in [3.8, 4) is 0 Å². The lowest BCUT2D eigenvalue weighted by Gasteiger charge is -2.30. The van der Waals surface area contributed by atoms with E-state index in [2.05, 4.69) is 69.5 Å². The number of para-hydroxylation sites is 1. The minimum Gasteiger partial charge on any atom is -0.367 e. The number of fused-ring (bicyclic) bond motifs is 1. The number of hydrogen-bond acceptors (Lipinski definition) is 3. The van der Waals surface area contributed by atoms with Crippen LogP contribution in [-0.2, 0) is 24.4 Å². The zero-order valence-electron chi connectivity index (χ0n) is 20.3. The molecule has 1 amide bonds. The summed E-state index contributed by atoms with van der Waals surface area (Å²) in [5.74, 6) is 0.256. The summed E-state index contributed by atoms with van der Waals surface area (Å²) in [4.78, 5) is 17.9. The first-order valence-corrected chi connectivity index (χ1v) is 12.9. The molecule has 4 rings (SSSR count). The van der Waals surface area contributed by atoms with Crippen molar-refractivity contribution in [2.24, 2.45) is 0 Å². The first kappa shape index (κ1) is 24.1. The molecule has 5 heteroatoms. The molecule has 0 saturated carbocycles. The summed E-state index contributed by atoms with van der Waals surface area (Å²) in [6.45, 7) is 4.25. The molecule has 0 unspecified atom stereocenters. The predicted molar refractivity (Wildman–Crippen MR) is 139 cm³/mol. The smallest absolute Gasteiger partial charge is 0.222 e. The van der Waals surface area contributed by atoms with Gasteiger partial charge in [0.1, 0.15) is 0 Å². The number of aryl methyl sites for hydroxylation is 1. The number of carbonyl (C=O) groups excluding carboxylic acids is 1. The van der Waals surface area contributed by atoms with Crippen molar-refractivity contribution in [3.63, 3.8) is 0 Å². The molecule has 0 saturated heterocycles. The van der Waals surface area contributed by atoms with Gasteiger partial charge < -0.3 is 9.80 Å². The van der Waals surface area contributed by atoms with E-state index in [9.17, 15) is 4.79 Å². The van der Waals surface area contributed by atoms with E-state index in [1.807, 2.05) is 16.9 Å². The van der Waals surface area contributed by atoms with Gasteiger partial charge in [0.05, 0.1) is 0 Å². The molecule has 0 fully saturated rings. The summed E-state index contributed by atoms with van der Waals surface area (Å²) >= 11 is 0. The van der Waals surface area contributed by atoms with E-state index in [-0.39, 0.29) is 5.91 Å². The van der Waals surface area contributed by atoms with Crippen molar-refractivity contribution in [3.05, 3.63) is 84.2 Å². The Kier molecular flexibility index (Phi) is 9.18. The summed E-state index contributed by atoms with van der Waals surface area (Å²) in [6.07, 6.45) is 12.4. The maximum Gasteiger partial charge on any atom is 0.222 e. The molecular weight excluding hydrogens is 420 g/mol. The minimum absolute atomic E-state index is 0.256. The highest BCUT2D eigenvalue weighted by Gasteiger charge is 2.18. The van der Waals surface area contributed by atoms with E-state index in [4.69, 9.17) is 0 Å². The number of amides is 1. The minimum atomic E-state index is 0.256. The molecule has 3 aromatic rings. The standard InChI is InChI=1S/C29H38N4O/c34-29(18-12-22-33-23-13-19-30-33)32-21-11-4-2-1-3-10-20-31(24-26-14-6-5-7-15-26)28-17-9-8-16-27(28)25-32/h5-9,13-17,19,23H,1-4,10-12,18,20-22,24-25H2. The maximum atomic E-state index is 13.3. The average molecular weight is 459 g/mol. The third kappa shape index (κ3) is 7.21. The molecule has 34 heavy (non-hydrogen) atoms. The fourth-order valence-electron chi connectivity index (χ4n) is 4.83. The molecular formula is C29H38N4O. The highest BCUT2D eigenvalue weighted by atomic mass is 16.2. The van der Waals surface area contributed by atoms with Gasteiger partial charge in [0, 0.05) is 57.2 Å². The van der Waals surface area contributed by atoms with Crippen LogP contribution in [0.2, 0.25) is 0 Å². The van der Waals surface area contributed by atoms with Gasteiger partial charge in [-0.15, -0.1) is 0 Å². The second kappa shape index (κ2) is 13.0. The molecule has 0 spiro atoms. The van der Waals surface area contributed by atoms with Gasteiger partial charge in [-0.1, -0.05) is 74.2 Å². The van der Waals surface area contributed by atoms with Gasteiger partial charge in [-0.05, 0) is 42.5 Å². The monoisotopic (exact) mass is 458 g/mol. The number of hydrogen-bond donors (Lipinski definition) is 0. The second-order valence-electron chi connectivity index (χ2n) is 9.35. The Morgan fingerprint density at radius 1 is 0.824 bits per heavy atom. The van der Waals surface area contributed by atoms with E-state index >= 15 is 0 Å². The van der Waals surface area contributed by atoms with E-state index in [1.54, 1.807) is 6.20 Å². The van der Waals surface area contributed by atoms with Gasteiger partial charge in [0.25, 0.3) is 0 Å². The lowest BCUT2D eigenvalue weighted by atomic mass is 10.1. The van der Waals surface area contributed by atoms with Gasteiger partial charge in [0.2, 0.25) is 5.91 Å². The van der Waals surface area contributed by atoms with E-state index in [0.29, 0.717) is 13.0 Å². The predicted octanol–water partition coefficient (Wildman–Crippen LogP) is 6.05. The summed E-state index contributed by atoms with van der Waals surface area (Å²) in [5, 5.41) is 4.26. The SMILES string of the molecule is O=C(CCCn1cccn1)N1CCCCCCCCN(Cc2ccccc2)c2ccccc2C1. The Labute approximate surface area is 204 Å². The van der Waals surface area contributed by atoms with Crippen molar-refractivity contribution in [2.75, 3.05) is 18.0 Å². The van der Waals surface area contributed by atoms with Crippen molar-refractivity contribution in [1.82, 2.24) is 14.7 Å². The summed E-state index contributed by atoms with van der Waals surface area (Å²) < 4.78 is 1.91. The molecule has 0 aliphatic carbocycles. The van der Waals surface area contributed by atoms with E-state index in [0.717, 1.165) is 39.0 Å². The average Bonchev–Trinajstić information content (AvgIpc) is 3.38. The van der Waals surface area contributed by atoms with Crippen LogP contribution < -0.4 is 4.90 Å². The molecule has 2 heterocycles. The zero-order valence-corrected chi connectivity index (χ0v) is 20.3. The van der Waals surface area contributed by atoms with Crippen molar-refractivity contribution in [1.29, 1.82) is 0 Å². The highest BCUT2D eigenvalue weighted by molar-refractivity contribution is 5.76. The van der Waals surface area contributed by atoms with Gasteiger partial charge in [-0.25, -0.2) is 0 Å². The van der Waals surface area contributed by atoms with Crippen LogP contribution >= 0.6 is 0 Å². The van der Waals surface area contributed by atoms with Crippen LogP contribution in [0.1, 0.15) is 62.5 Å². The molecule has 2 aromatic carbocycles. The third-order valence-electron chi connectivity index (χ3n) is 6.71. The van der Waals surface area contributed by atoms with E-state index in [1.165, 1.54) is 48.9 Å². The lowest BCUT2D eigenvalue weighted by Crippen LogP contribution is -2.33. The number of benzene rings is 2.